The van der Waals surface area contributed by atoms with Crippen LogP contribution in [-0.2, 0) is 6.54 Å². The molecule has 2 N–H and O–H groups in total. The average Bonchev–Trinajstić information content (AvgIpc) is 2.94. The van der Waals surface area contributed by atoms with Gasteiger partial charge in [-0.15, -0.1) is 0 Å². The number of nitrogens with two attached hydrogens (primary N) is 1. The van der Waals surface area contributed by atoms with Gasteiger partial charge in [-0.1, -0.05) is 29.3 Å². The predicted octanol–water partition coefficient (Wildman–Crippen LogP) is 4.23. The van der Waals surface area contributed by atoms with E-state index in [-0.39, 0.29) is 5.56 Å². The van der Waals surface area contributed by atoms with Crippen LogP contribution in [0.25, 0.3) is 22.6 Å². The molecule has 0 radical (unpaired) electrons. The maximum Gasteiger partial charge on any atom is 0.261 e. The Morgan fingerprint density at radius 2 is 1.96 bits per heavy atom. The van der Waals surface area contributed by atoms with Crippen molar-refractivity contribution in [3.8, 4) is 0 Å². The van der Waals surface area contributed by atoms with E-state index in [1.165, 1.54) is 0 Å². The molecule has 1 aromatic heterocycles. The van der Waals surface area contributed by atoms with E-state index in [2.05, 4.69) is 4.98 Å². The SMILES string of the molecule is Nc1ccc2c(=O)n3c(nc2c1)C(=Cc1ccc(Cl)c(Cl)c1)CC3. The van der Waals surface area contributed by atoms with Gasteiger partial charge in [0.05, 0.1) is 20.9 Å². The number of hydrogen-bond donors (Lipinski definition) is 1. The summed E-state index contributed by atoms with van der Waals surface area (Å²) in [4.78, 5) is 17.3. The molecule has 1 aliphatic heterocycles. The Balaban J connectivity index is 1.89. The van der Waals surface area contributed by atoms with Crippen molar-refractivity contribution in [1.82, 2.24) is 9.55 Å². The molecule has 0 saturated heterocycles. The van der Waals surface area contributed by atoms with Crippen LogP contribution in [0.15, 0.2) is 41.2 Å². The third-order valence-electron chi connectivity index (χ3n) is 4.16. The molecular weight excluding hydrogens is 345 g/mol. The molecule has 0 fully saturated rings. The van der Waals surface area contributed by atoms with Gasteiger partial charge in [-0.05, 0) is 54.0 Å². The van der Waals surface area contributed by atoms with Crippen molar-refractivity contribution in [2.75, 3.05) is 5.73 Å². The number of aromatic nitrogens is 2. The fourth-order valence-electron chi connectivity index (χ4n) is 2.97. The highest BCUT2D eigenvalue weighted by atomic mass is 35.5. The van der Waals surface area contributed by atoms with Crippen molar-refractivity contribution < 1.29 is 0 Å². The summed E-state index contributed by atoms with van der Waals surface area (Å²) >= 11 is 12.0. The number of allylic oxidation sites excluding steroid dienone is 1. The lowest BCUT2D eigenvalue weighted by atomic mass is 10.1. The van der Waals surface area contributed by atoms with Gasteiger partial charge in [-0.25, -0.2) is 4.98 Å². The monoisotopic (exact) mass is 357 g/mol. The summed E-state index contributed by atoms with van der Waals surface area (Å²) < 4.78 is 1.71. The Morgan fingerprint density at radius 1 is 1.12 bits per heavy atom. The summed E-state index contributed by atoms with van der Waals surface area (Å²) in [6, 6.07) is 10.6. The van der Waals surface area contributed by atoms with Gasteiger partial charge in [0.15, 0.2) is 0 Å². The second kappa shape index (κ2) is 5.65. The van der Waals surface area contributed by atoms with E-state index in [9.17, 15) is 4.79 Å². The molecule has 3 aromatic rings. The van der Waals surface area contributed by atoms with Crippen LogP contribution in [0.4, 0.5) is 5.69 Å². The second-order valence-electron chi connectivity index (χ2n) is 5.76. The van der Waals surface area contributed by atoms with E-state index in [1.807, 2.05) is 12.1 Å². The number of nitrogens with zero attached hydrogens (tertiary/aromatic N) is 2. The highest BCUT2D eigenvalue weighted by molar-refractivity contribution is 6.42. The number of fused-ring (bicyclic) bond motifs is 2. The molecule has 0 bridgehead atoms. The Hall–Kier alpha value is -2.30. The third-order valence-corrected chi connectivity index (χ3v) is 4.89. The topological polar surface area (TPSA) is 60.9 Å². The van der Waals surface area contributed by atoms with Gasteiger partial charge in [-0.3, -0.25) is 9.36 Å². The van der Waals surface area contributed by atoms with Crippen LogP contribution < -0.4 is 11.3 Å². The zero-order valence-electron chi connectivity index (χ0n) is 12.6. The van der Waals surface area contributed by atoms with Crippen LogP contribution in [0.3, 0.4) is 0 Å². The normalized spacial score (nSPS) is 15.2. The van der Waals surface area contributed by atoms with E-state index in [0.29, 0.717) is 39.0 Å². The van der Waals surface area contributed by atoms with Crippen molar-refractivity contribution in [1.29, 1.82) is 0 Å². The minimum absolute atomic E-state index is 0.0347. The molecule has 1 aliphatic rings. The molecule has 120 valence electrons. The van der Waals surface area contributed by atoms with Crippen LogP contribution in [0.5, 0.6) is 0 Å². The van der Waals surface area contributed by atoms with Gasteiger partial charge in [-0.2, -0.15) is 0 Å². The van der Waals surface area contributed by atoms with Crippen molar-refractivity contribution in [2.24, 2.45) is 0 Å². The molecule has 0 spiro atoms. The number of nitrogen functional groups attached to an aromatic ring is 1. The summed E-state index contributed by atoms with van der Waals surface area (Å²) in [6.45, 7) is 0.620. The molecule has 2 heterocycles. The molecule has 0 atom stereocenters. The molecule has 2 aromatic carbocycles. The molecule has 4 nitrogen and oxygen atoms in total. The summed E-state index contributed by atoms with van der Waals surface area (Å²) in [7, 11) is 0. The standard InChI is InChI=1S/C18H13Cl2N3O/c19-14-4-1-10(8-15(14)20)7-11-5-6-23-17(11)22-16-9-12(21)2-3-13(16)18(23)24/h1-4,7-9H,5-6,21H2. The van der Waals surface area contributed by atoms with Gasteiger partial charge in [0.2, 0.25) is 0 Å². The fraction of sp³-hybridized carbons (Fsp3) is 0.111. The molecule has 0 saturated carbocycles. The summed E-state index contributed by atoms with van der Waals surface area (Å²) in [5.74, 6) is 0.684. The number of halogens is 2. The van der Waals surface area contributed by atoms with E-state index >= 15 is 0 Å². The highest BCUT2D eigenvalue weighted by Gasteiger charge is 2.20. The van der Waals surface area contributed by atoms with Gasteiger partial charge in [0.25, 0.3) is 5.56 Å². The van der Waals surface area contributed by atoms with Crippen LogP contribution >= 0.6 is 23.2 Å². The van der Waals surface area contributed by atoms with Gasteiger partial charge in [0, 0.05) is 12.2 Å². The fourth-order valence-corrected chi connectivity index (χ4v) is 3.28. The number of anilines is 1. The van der Waals surface area contributed by atoms with Gasteiger partial charge >= 0.3 is 0 Å². The number of hydrogen-bond acceptors (Lipinski definition) is 3. The van der Waals surface area contributed by atoms with Crippen molar-refractivity contribution in [3.63, 3.8) is 0 Å². The van der Waals surface area contributed by atoms with Crippen LogP contribution in [-0.4, -0.2) is 9.55 Å². The summed E-state index contributed by atoms with van der Waals surface area (Å²) in [6.07, 6.45) is 2.74. The van der Waals surface area contributed by atoms with E-state index in [4.69, 9.17) is 28.9 Å². The first kappa shape index (κ1) is 15.2. The van der Waals surface area contributed by atoms with Gasteiger partial charge < -0.3 is 5.73 Å². The molecule has 4 rings (SSSR count). The van der Waals surface area contributed by atoms with Crippen LogP contribution in [0.1, 0.15) is 17.8 Å². The average molecular weight is 358 g/mol. The second-order valence-corrected chi connectivity index (χ2v) is 6.58. The van der Waals surface area contributed by atoms with Gasteiger partial charge in [0.1, 0.15) is 5.82 Å². The highest BCUT2D eigenvalue weighted by Crippen LogP contribution is 2.30. The lowest BCUT2D eigenvalue weighted by Crippen LogP contribution is -2.20. The lowest BCUT2D eigenvalue weighted by Gasteiger charge is -2.06. The third kappa shape index (κ3) is 2.48. The Bertz CT molecular complexity index is 1070. The molecule has 0 aliphatic carbocycles. The zero-order chi connectivity index (χ0) is 16.8. The lowest BCUT2D eigenvalue weighted by molar-refractivity contribution is 0.725. The minimum atomic E-state index is -0.0347. The van der Waals surface area contributed by atoms with Crippen LogP contribution in [0, 0.1) is 0 Å². The summed E-state index contributed by atoms with van der Waals surface area (Å²) in [5, 5.41) is 1.60. The quantitative estimate of drug-likeness (QED) is 0.663. The Labute approximate surface area is 148 Å². The number of benzene rings is 2. The molecular formula is C18H13Cl2N3O. The number of rotatable bonds is 1. The van der Waals surface area contributed by atoms with E-state index < -0.39 is 0 Å². The molecule has 24 heavy (non-hydrogen) atoms. The van der Waals surface area contributed by atoms with E-state index in [0.717, 1.165) is 17.6 Å². The minimum Gasteiger partial charge on any atom is -0.399 e. The first-order valence-electron chi connectivity index (χ1n) is 7.49. The first-order valence-corrected chi connectivity index (χ1v) is 8.24. The first-order chi connectivity index (χ1) is 11.5. The smallest absolute Gasteiger partial charge is 0.261 e. The Kier molecular flexibility index (Phi) is 3.59. The largest absolute Gasteiger partial charge is 0.399 e. The van der Waals surface area contributed by atoms with E-state index in [1.54, 1.807) is 34.9 Å². The molecule has 6 heteroatoms. The van der Waals surface area contributed by atoms with Crippen molar-refractivity contribution >= 4 is 51.4 Å². The molecule has 0 unspecified atom stereocenters. The van der Waals surface area contributed by atoms with Crippen molar-refractivity contribution in [3.05, 3.63) is 68.2 Å². The van der Waals surface area contributed by atoms with Crippen LogP contribution in [0.2, 0.25) is 10.0 Å². The Morgan fingerprint density at radius 3 is 2.75 bits per heavy atom. The predicted molar refractivity (Wildman–Crippen MR) is 99.4 cm³/mol. The maximum absolute atomic E-state index is 12.6. The zero-order valence-corrected chi connectivity index (χ0v) is 14.1. The van der Waals surface area contributed by atoms with Crippen molar-refractivity contribution in [2.45, 2.75) is 13.0 Å². The summed E-state index contributed by atoms with van der Waals surface area (Å²) in [5.41, 5.74) is 8.91. The molecule has 0 amide bonds. The maximum atomic E-state index is 12.6.